The number of aryl methyl sites for hydroxylation is 1. The number of thioether (sulfide) groups is 1. The predicted octanol–water partition coefficient (Wildman–Crippen LogP) is 3.69. The maximum absolute atomic E-state index is 13.3. The van der Waals surface area contributed by atoms with Crippen LogP contribution in [0.4, 0.5) is 4.39 Å². The average Bonchev–Trinajstić information content (AvgIpc) is 2.54. The quantitative estimate of drug-likeness (QED) is 0.840. The Kier molecular flexibility index (Phi) is 6.47. The van der Waals surface area contributed by atoms with Gasteiger partial charge in [-0.3, -0.25) is 4.79 Å². The standard InChI is InChI=1S/C18H20FNO2S/c1-13-3-5-14(6-4-13)10-20-18(21)12-23-11-15-9-16(19)7-8-17(15)22-2/h3-9H,10-12H2,1-2H3,(H,20,21). The van der Waals surface area contributed by atoms with Crippen LogP contribution in [0.5, 0.6) is 5.75 Å². The van der Waals surface area contributed by atoms with Crippen LogP contribution in [0.25, 0.3) is 0 Å². The molecule has 0 fully saturated rings. The van der Waals surface area contributed by atoms with Crippen LogP contribution in [0.15, 0.2) is 42.5 Å². The fourth-order valence-electron chi connectivity index (χ4n) is 2.07. The van der Waals surface area contributed by atoms with E-state index < -0.39 is 0 Å². The van der Waals surface area contributed by atoms with Crippen LogP contribution in [-0.4, -0.2) is 18.8 Å². The highest BCUT2D eigenvalue weighted by molar-refractivity contribution is 7.99. The maximum Gasteiger partial charge on any atom is 0.230 e. The first-order valence-electron chi connectivity index (χ1n) is 7.31. The van der Waals surface area contributed by atoms with Crippen molar-refractivity contribution in [2.24, 2.45) is 0 Å². The molecule has 2 aromatic carbocycles. The minimum Gasteiger partial charge on any atom is -0.496 e. The van der Waals surface area contributed by atoms with Crippen LogP contribution in [0.3, 0.4) is 0 Å². The number of amides is 1. The van der Waals surface area contributed by atoms with E-state index in [1.54, 1.807) is 13.2 Å². The summed E-state index contributed by atoms with van der Waals surface area (Å²) in [6, 6.07) is 12.4. The molecule has 0 bridgehead atoms. The predicted molar refractivity (Wildman–Crippen MR) is 92.1 cm³/mol. The Balaban J connectivity index is 1.76. The van der Waals surface area contributed by atoms with Gasteiger partial charge in [-0.15, -0.1) is 11.8 Å². The monoisotopic (exact) mass is 333 g/mol. The fraction of sp³-hybridized carbons (Fsp3) is 0.278. The van der Waals surface area contributed by atoms with E-state index in [0.717, 1.165) is 11.1 Å². The second kappa shape index (κ2) is 8.58. The van der Waals surface area contributed by atoms with Crippen molar-refractivity contribution in [1.82, 2.24) is 5.32 Å². The smallest absolute Gasteiger partial charge is 0.230 e. The molecule has 0 atom stereocenters. The summed E-state index contributed by atoms with van der Waals surface area (Å²) in [6.45, 7) is 2.54. The molecule has 1 N–H and O–H groups in total. The van der Waals surface area contributed by atoms with E-state index in [0.29, 0.717) is 23.8 Å². The Hall–Kier alpha value is -2.01. The first-order valence-corrected chi connectivity index (χ1v) is 8.46. The Morgan fingerprint density at radius 2 is 1.96 bits per heavy atom. The molecule has 0 spiro atoms. The van der Waals surface area contributed by atoms with Crippen LogP contribution < -0.4 is 10.1 Å². The molecule has 0 aliphatic rings. The number of rotatable bonds is 7. The second-order valence-corrected chi connectivity index (χ2v) is 6.20. The summed E-state index contributed by atoms with van der Waals surface area (Å²) in [5.74, 6) is 1.15. The summed E-state index contributed by atoms with van der Waals surface area (Å²) < 4.78 is 18.5. The number of halogens is 1. The van der Waals surface area contributed by atoms with E-state index in [1.165, 1.54) is 29.5 Å². The molecule has 122 valence electrons. The third kappa shape index (κ3) is 5.60. The van der Waals surface area contributed by atoms with E-state index in [1.807, 2.05) is 31.2 Å². The third-order valence-electron chi connectivity index (χ3n) is 3.34. The third-order valence-corrected chi connectivity index (χ3v) is 4.32. The lowest BCUT2D eigenvalue weighted by atomic mass is 10.1. The molecule has 0 saturated heterocycles. The molecule has 0 saturated carbocycles. The summed E-state index contributed by atoms with van der Waals surface area (Å²) in [5.41, 5.74) is 3.02. The summed E-state index contributed by atoms with van der Waals surface area (Å²) in [7, 11) is 1.55. The summed E-state index contributed by atoms with van der Waals surface area (Å²) >= 11 is 1.43. The largest absolute Gasteiger partial charge is 0.496 e. The molecule has 3 nitrogen and oxygen atoms in total. The van der Waals surface area contributed by atoms with E-state index in [4.69, 9.17) is 4.74 Å². The molecular weight excluding hydrogens is 313 g/mol. The highest BCUT2D eigenvalue weighted by atomic mass is 32.2. The Morgan fingerprint density at radius 1 is 1.22 bits per heavy atom. The van der Waals surface area contributed by atoms with Gasteiger partial charge in [0.15, 0.2) is 0 Å². The summed E-state index contributed by atoms with van der Waals surface area (Å²) in [6.07, 6.45) is 0. The van der Waals surface area contributed by atoms with Gasteiger partial charge < -0.3 is 10.1 Å². The van der Waals surface area contributed by atoms with Gasteiger partial charge in [-0.05, 0) is 30.7 Å². The molecule has 0 radical (unpaired) electrons. The van der Waals surface area contributed by atoms with Gasteiger partial charge in [0.25, 0.3) is 0 Å². The molecular formula is C18H20FNO2S. The molecule has 1 amide bonds. The molecule has 0 heterocycles. The average molecular weight is 333 g/mol. The topological polar surface area (TPSA) is 38.3 Å². The van der Waals surface area contributed by atoms with Gasteiger partial charge in [0.05, 0.1) is 12.9 Å². The minimum atomic E-state index is -0.301. The van der Waals surface area contributed by atoms with Gasteiger partial charge >= 0.3 is 0 Å². The summed E-state index contributed by atoms with van der Waals surface area (Å²) in [4.78, 5) is 11.9. The Morgan fingerprint density at radius 3 is 2.65 bits per heavy atom. The number of hydrogen-bond acceptors (Lipinski definition) is 3. The van der Waals surface area contributed by atoms with Gasteiger partial charge in [-0.25, -0.2) is 4.39 Å². The van der Waals surface area contributed by atoms with Crippen molar-refractivity contribution in [3.05, 3.63) is 65.0 Å². The van der Waals surface area contributed by atoms with Crippen molar-refractivity contribution in [2.75, 3.05) is 12.9 Å². The molecule has 0 aliphatic carbocycles. The molecule has 0 aliphatic heterocycles. The zero-order valence-electron chi connectivity index (χ0n) is 13.3. The maximum atomic E-state index is 13.3. The van der Waals surface area contributed by atoms with Crippen molar-refractivity contribution in [2.45, 2.75) is 19.2 Å². The molecule has 2 rings (SSSR count). The SMILES string of the molecule is COc1ccc(F)cc1CSCC(=O)NCc1ccc(C)cc1. The Bertz CT molecular complexity index is 659. The van der Waals surface area contributed by atoms with Crippen molar-refractivity contribution in [1.29, 1.82) is 0 Å². The van der Waals surface area contributed by atoms with Crippen molar-refractivity contribution >= 4 is 17.7 Å². The van der Waals surface area contributed by atoms with Gasteiger partial charge in [0.1, 0.15) is 11.6 Å². The van der Waals surface area contributed by atoms with Crippen molar-refractivity contribution in [3.8, 4) is 5.75 Å². The van der Waals surface area contributed by atoms with E-state index >= 15 is 0 Å². The second-order valence-electron chi connectivity index (χ2n) is 5.21. The number of carbonyl (C=O) groups is 1. The zero-order valence-corrected chi connectivity index (χ0v) is 14.1. The lowest BCUT2D eigenvalue weighted by Gasteiger charge is -2.09. The first-order chi connectivity index (χ1) is 11.1. The van der Waals surface area contributed by atoms with E-state index in [2.05, 4.69) is 5.32 Å². The lowest BCUT2D eigenvalue weighted by molar-refractivity contribution is -0.118. The van der Waals surface area contributed by atoms with Gasteiger partial charge in [-0.1, -0.05) is 29.8 Å². The highest BCUT2D eigenvalue weighted by Gasteiger charge is 2.07. The zero-order chi connectivity index (χ0) is 16.7. The molecule has 0 aromatic heterocycles. The number of ether oxygens (including phenoxy) is 1. The van der Waals surface area contributed by atoms with Gasteiger partial charge in [-0.2, -0.15) is 0 Å². The van der Waals surface area contributed by atoms with Gasteiger partial charge in [0, 0.05) is 17.9 Å². The molecule has 2 aromatic rings. The molecule has 0 unspecified atom stereocenters. The number of carbonyl (C=O) groups excluding carboxylic acids is 1. The van der Waals surface area contributed by atoms with Crippen LogP contribution >= 0.6 is 11.8 Å². The number of benzene rings is 2. The van der Waals surface area contributed by atoms with E-state index in [9.17, 15) is 9.18 Å². The normalized spacial score (nSPS) is 10.4. The number of methoxy groups -OCH3 is 1. The van der Waals surface area contributed by atoms with E-state index in [-0.39, 0.29) is 11.7 Å². The lowest BCUT2D eigenvalue weighted by Crippen LogP contribution is -2.24. The van der Waals surface area contributed by atoms with Crippen molar-refractivity contribution < 1.29 is 13.9 Å². The Labute approximate surface area is 140 Å². The molecule has 5 heteroatoms. The fourth-order valence-corrected chi connectivity index (χ4v) is 2.91. The summed E-state index contributed by atoms with van der Waals surface area (Å²) in [5, 5.41) is 2.88. The highest BCUT2D eigenvalue weighted by Crippen LogP contribution is 2.24. The van der Waals surface area contributed by atoms with Crippen LogP contribution in [0.2, 0.25) is 0 Å². The minimum absolute atomic E-state index is 0.0362. The number of hydrogen-bond donors (Lipinski definition) is 1. The molecule has 23 heavy (non-hydrogen) atoms. The van der Waals surface area contributed by atoms with Gasteiger partial charge in [0.2, 0.25) is 5.91 Å². The first kappa shape index (κ1) is 17.3. The number of nitrogens with one attached hydrogen (secondary N) is 1. The van der Waals surface area contributed by atoms with Crippen LogP contribution in [0, 0.1) is 12.7 Å². The van der Waals surface area contributed by atoms with Crippen LogP contribution in [0.1, 0.15) is 16.7 Å². The van der Waals surface area contributed by atoms with Crippen molar-refractivity contribution in [3.63, 3.8) is 0 Å². The van der Waals surface area contributed by atoms with Crippen LogP contribution in [-0.2, 0) is 17.1 Å².